The van der Waals surface area contributed by atoms with E-state index in [0.717, 1.165) is 44.0 Å². The summed E-state index contributed by atoms with van der Waals surface area (Å²) in [5.74, 6) is -0.200. The fraction of sp³-hybridized carbons (Fsp3) is 0.333. The number of nitriles is 1. The van der Waals surface area contributed by atoms with Gasteiger partial charge in [-0.15, -0.1) is 0 Å². The van der Waals surface area contributed by atoms with Gasteiger partial charge in [-0.3, -0.25) is 4.79 Å². The zero-order valence-corrected chi connectivity index (χ0v) is 15.3. The zero-order chi connectivity index (χ0) is 18.5. The van der Waals surface area contributed by atoms with Crippen LogP contribution in [0.4, 0.5) is 11.4 Å². The van der Waals surface area contributed by atoms with Crippen molar-refractivity contribution in [1.82, 2.24) is 4.90 Å². The number of carbonyl (C=O) groups is 1. The van der Waals surface area contributed by atoms with Crippen molar-refractivity contribution in [3.63, 3.8) is 0 Å². The number of hydrogen-bond acceptors (Lipinski definition) is 4. The van der Waals surface area contributed by atoms with Crippen LogP contribution in [0.2, 0.25) is 0 Å². The lowest BCUT2D eigenvalue weighted by Crippen LogP contribution is -2.46. The van der Waals surface area contributed by atoms with Gasteiger partial charge < -0.3 is 15.1 Å². The zero-order valence-electron chi connectivity index (χ0n) is 15.3. The highest BCUT2D eigenvalue weighted by Gasteiger charge is 2.16. The maximum Gasteiger partial charge on any atom is 0.255 e. The first-order chi connectivity index (χ1) is 12.6. The third-order valence-corrected chi connectivity index (χ3v) is 4.90. The lowest BCUT2D eigenvalue weighted by molar-refractivity contribution is 0.102. The lowest BCUT2D eigenvalue weighted by Gasteiger charge is -2.35. The predicted molar refractivity (Wildman–Crippen MR) is 105 cm³/mol. The molecule has 0 radical (unpaired) electrons. The molecule has 0 spiro atoms. The summed E-state index contributed by atoms with van der Waals surface area (Å²) >= 11 is 0. The second-order valence-corrected chi connectivity index (χ2v) is 6.57. The van der Waals surface area contributed by atoms with Crippen LogP contribution in [0.3, 0.4) is 0 Å². The molecule has 0 saturated carbocycles. The number of aryl methyl sites for hydroxylation is 1. The predicted octanol–water partition coefficient (Wildman–Crippen LogP) is 3.26. The Labute approximate surface area is 154 Å². The molecule has 0 bridgehead atoms. The maximum absolute atomic E-state index is 12.5. The van der Waals surface area contributed by atoms with E-state index in [4.69, 9.17) is 5.26 Å². The van der Waals surface area contributed by atoms with Crippen LogP contribution in [-0.2, 0) is 0 Å². The summed E-state index contributed by atoms with van der Waals surface area (Å²) in [5.41, 5.74) is 4.00. The van der Waals surface area contributed by atoms with Gasteiger partial charge >= 0.3 is 0 Å². The third-order valence-electron chi connectivity index (χ3n) is 4.90. The van der Waals surface area contributed by atoms with E-state index >= 15 is 0 Å². The first-order valence-electron chi connectivity index (χ1n) is 9.00. The molecule has 1 amide bonds. The van der Waals surface area contributed by atoms with Gasteiger partial charge in [-0.2, -0.15) is 5.26 Å². The molecule has 1 saturated heterocycles. The van der Waals surface area contributed by atoms with E-state index < -0.39 is 0 Å². The molecule has 0 unspecified atom stereocenters. The highest BCUT2D eigenvalue weighted by atomic mass is 16.1. The van der Waals surface area contributed by atoms with Crippen LogP contribution in [0.25, 0.3) is 0 Å². The number of likely N-dealkylation sites (N-methyl/N-ethyl adjacent to an activating group) is 1. The third kappa shape index (κ3) is 4.04. The molecule has 0 aromatic heterocycles. The van der Waals surface area contributed by atoms with Gasteiger partial charge in [0.25, 0.3) is 5.91 Å². The summed E-state index contributed by atoms with van der Waals surface area (Å²) in [4.78, 5) is 17.3. The molecule has 3 rings (SSSR count). The van der Waals surface area contributed by atoms with Gasteiger partial charge in [0.2, 0.25) is 0 Å². The number of hydrogen-bond donors (Lipinski definition) is 1. The monoisotopic (exact) mass is 348 g/mol. The molecule has 2 aromatic carbocycles. The first-order valence-corrected chi connectivity index (χ1v) is 9.00. The minimum Gasteiger partial charge on any atom is -0.369 e. The summed E-state index contributed by atoms with van der Waals surface area (Å²) < 4.78 is 0. The highest BCUT2D eigenvalue weighted by Crippen LogP contribution is 2.24. The van der Waals surface area contributed by atoms with E-state index in [1.807, 2.05) is 13.0 Å². The maximum atomic E-state index is 12.5. The van der Waals surface area contributed by atoms with Gasteiger partial charge in [-0.1, -0.05) is 13.0 Å². The normalized spacial score (nSPS) is 14.7. The standard InChI is InChI=1S/C21H24N4O/c1-3-24-9-11-25(12-10-24)19-7-8-20(16(2)13-19)23-21(26)18-6-4-5-17(14-18)15-22/h4-8,13-14H,3,9-12H2,1-2H3,(H,23,26). The minimum atomic E-state index is -0.200. The van der Waals surface area contributed by atoms with Gasteiger partial charge in [0.05, 0.1) is 11.6 Å². The Morgan fingerprint density at radius 1 is 1.15 bits per heavy atom. The molecule has 134 valence electrons. The van der Waals surface area contributed by atoms with E-state index in [1.54, 1.807) is 24.3 Å². The van der Waals surface area contributed by atoms with Crippen LogP contribution in [0, 0.1) is 18.3 Å². The van der Waals surface area contributed by atoms with Crippen molar-refractivity contribution < 1.29 is 4.79 Å². The van der Waals surface area contributed by atoms with Crippen molar-refractivity contribution in [2.75, 3.05) is 42.9 Å². The lowest BCUT2D eigenvalue weighted by atomic mass is 10.1. The van der Waals surface area contributed by atoms with Crippen LogP contribution in [0.5, 0.6) is 0 Å². The molecule has 5 nitrogen and oxygen atoms in total. The Morgan fingerprint density at radius 3 is 2.58 bits per heavy atom. The Kier molecular flexibility index (Phi) is 5.55. The van der Waals surface area contributed by atoms with Gasteiger partial charge in [0.1, 0.15) is 0 Å². The summed E-state index contributed by atoms with van der Waals surface area (Å²) in [6.45, 7) is 9.54. The van der Waals surface area contributed by atoms with Crippen LogP contribution >= 0.6 is 0 Å². The minimum absolute atomic E-state index is 0.200. The summed E-state index contributed by atoms with van der Waals surface area (Å²) in [5, 5.41) is 11.9. The number of amides is 1. The molecular weight excluding hydrogens is 324 g/mol. The van der Waals surface area contributed by atoms with E-state index in [-0.39, 0.29) is 5.91 Å². The summed E-state index contributed by atoms with van der Waals surface area (Å²) in [6.07, 6.45) is 0. The second kappa shape index (κ2) is 8.03. The van der Waals surface area contributed by atoms with Crippen LogP contribution in [0.15, 0.2) is 42.5 Å². The molecule has 0 aliphatic carbocycles. The van der Waals surface area contributed by atoms with Crippen molar-refractivity contribution >= 4 is 17.3 Å². The van der Waals surface area contributed by atoms with Crippen molar-refractivity contribution in [3.05, 3.63) is 59.2 Å². The number of carbonyl (C=O) groups excluding carboxylic acids is 1. The Hall–Kier alpha value is -2.84. The van der Waals surface area contributed by atoms with Crippen LogP contribution in [0.1, 0.15) is 28.4 Å². The summed E-state index contributed by atoms with van der Waals surface area (Å²) in [6, 6.07) is 14.9. The molecule has 26 heavy (non-hydrogen) atoms. The molecule has 1 fully saturated rings. The van der Waals surface area contributed by atoms with Gasteiger partial charge in [0.15, 0.2) is 0 Å². The number of nitrogens with zero attached hydrogens (tertiary/aromatic N) is 3. The average molecular weight is 348 g/mol. The number of piperazine rings is 1. The molecule has 1 N–H and O–H groups in total. The first kappa shape index (κ1) is 18.0. The average Bonchev–Trinajstić information content (AvgIpc) is 2.69. The largest absolute Gasteiger partial charge is 0.369 e. The van der Waals surface area contributed by atoms with Crippen molar-refractivity contribution in [1.29, 1.82) is 5.26 Å². The fourth-order valence-corrected chi connectivity index (χ4v) is 3.23. The summed E-state index contributed by atoms with van der Waals surface area (Å²) in [7, 11) is 0. The molecule has 5 heteroatoms. The number of rotatable bonds is 4. The quantitative estimate of drug-likeness (QED) is 0.921. The van der Waals surface area contributed by atoms with Crippen LogP contribution in [-0.4, -0.2) is 43.5 Å². The number of anilines is 2. The smallest absolute Gasteiger partial charge is 0.255 e. The number of nitrogens with one attached hydrogen (secondary N) is 1. The second-order valence-electron chi connectivity index (χ2n) is 6.57. The van der Waals surface area contributed by atoms with E-state index in [1.165, 1.54) is 5.69 Å². The number of benzene rings is 2. The molecular formula is C21H24N4O. The highest BCUT2D eigenvalue weighted by molar-refractivity contribution is 6.04. The molecule has 1 aliphatic rings. The van der Waals surface area contributed by atoms with Gasteiger partial charge in [-0.05, 0) is 55.4 Å². The molecule has 1 heterocycles. The Bertz CT molecular complexity index is 832. The SMILES string of the molecule is CCN1CCN(c2ccc(NC(=O)c3cccc(C#N)c3)c(C)c2)CC1. The molecule has 2 aromatic rings. The van der Waals surface area contributed by atoms with E-state index in [2.05, 4.69) is 40.2 Å². The molecule has 1 aliphatic heterocycles. The van der Waals surface area contributed by atoms with E-state index in [0.29, 0.717) is 11.1 Å². The fourth-order valence-electron chi connectivity index (χ4n) is 3.23. The van der Waals surface area contributed by atoms with Crippen molar-refractivity contribution in [3.8, 4) is 6.07 Å². The Morgan fingerprint density at radius 2 is 1.92 bits per heavy atom. The van der Waals surface area contributed by atoms with Crippen molar-refractivity contribution in [2.24, 2.45) is 0 Å². The van der Waals surface area contributed by atoms with Gasteiger partial charge in [-0.25, -0.2) is 0 Å². The Balaban J connectivity index is 1.70. The van der Waals surface area contributed by atoms with Crippen molar-refractivity contribution in [2.45, 2.75) is 13.8 Å². The topological polar surface area (TPSA) is 59.4 Å². The molecule has 0 atom stereocenters. The van der Waals surface area contributed by atoms with E-state index in [9.17, 15) is 4.79 Å². The van der Waals surface area contributed by atoms with Crippen LogP contribution < -0.4 is 10.2 Å². The van der Waals surface area contributed by atoms with Gasteiger partial charge in [0, 0.05) is 43.1 Å².